The Morgan fingerprint density at radius 2 is 2.00 bits per heavy atom. The molecule has 0 spiro atoms. The van der Waals surface area contributed by atoms with Crippen LogP contribution in [-0.2, 0) is 9.53 Å². The van der Waals surface area contributed by atoms with Gasteiger partial charge in [0.05, 0.1) is 0 Å². The molecule has 0 aliphatic heterocycles. The smallest absolute Gasteiger partial charge is 0.334 e. The van der Waals surface area contributed by atoms with Crippen molar-refractivity contribution in [3.05, 3.63) is 0 Å². The summed E-state index contributed by atoms with van der Waals surface area (Å²) in [4.78, 5) is 12.8. The first-order chi connectivity index (χ1) is 6.76. The van der Waals surface area contributed by atoms with Crippen molar-refractivity contribution in [2.24, 2.45) is 5.41 Å². The van der Waals surface area contributed by atoms with Gasteiger partial charge in [-0.3, -0.25) is 0 Å². The quantitative estimate of drug-likeness (QED) is 0.731. The van der Waals surface area contributed by atoms with Gasteiger partial charge in [0.2, 0.25) is 0 Å². The summed E-state index contributed by atoms with van der Waals surface area (Å²) in [5, 5.41) is 8.90. The van der Waals surface area contributed by atoms with Crippen molar-refractivity contribution in [2.45, 2.75) is 33.8 Å². The minimum absolute atomic E-state index is 0.171. The highest BCUT2D eigenvalue weighted by Gasteiger charge is 2.22. The van der Waals surface area contributed by atoms with Crippen LogP contribution >= 0.6 is 0 Å². The Morgan fingerprint density at radius 1 is 1.47 bits per heavy atom. The van der Waals surface area contributed by atoms with E-state index in [-0.39, 0.29) is 5.41 Å². The average Bonchev–Trinajstić information content (AvgIpc) is 1.99. The van der Waals surface area contributed by atoms with Gasteiger partial charge in [-0.05, 0) is 19.4 Å². The summed E-state index contributed by atoms with van der Waals surface area (Å²) in [6, 6.07) is 0. The summed E-state index contributed by atoms with van der Waals surface area (Å²) in [6.45, 7) is 9.89. The van der Waals surface area contributed by atoms with Crippen LogP contribution in [0.5, 0.6) is 0 Å². The molecule has 4 nitrogen and oxygen atoms in total. The van der Waals surface area contributed by atoms with Crippen LogP contribution in [0.1, 0.15) is 27.7 Å². The SMILES string of the molecule is CCOC(CN(C)CC(C)(C)C)C(=O)O. The Kier molecular flexibility index (Phi) is 5.83. The van der Waals surface area contributed by atoms with Crippen LogP contribution < -0.4 is 0 Å². The standard InChI is InChI=1S/C11H23NO3/c1-6-15-9(10(13)14)7-12(5)8-11(2,3)4/h9H,6-8H2,1-5H3,(H,13,14). The molecule has 0 rings (SSSR count). The normalized spacial score (nSPS) is 14.3. The summed E-state index contributed by atoms with van der Waals surface area (Å²) in [5.74, 6) is -0.891. The van der Waals surface area contributed by atoms with Crippen molar-refractivity contribution in [3.63, 3.8) is 0 Å². The van der Waals surface area contributed by atoms with Gasteiger partial charge >= 0.3 is 5.97 Å². The molecule has 0 aliphatic carbocycles. The lowest BCUT2D eigenvalue weighted by Crippen LogP contribution is -2.40. The van der Waals surface area contributed by atoms with Crippen molar-refractivity contribution < 1.29 is 14.6 Å². The van der Waals surface area contributed by atoms with Crippen molar-refractivity contribution in [1.82, 2.24) is 4.90 Å². The number of aliphatic carboxylic acids is 1. The van der Waals surface area contributed by atoms with Gasteiger partial charge in [0.1, 0.15) is 0 Å². The second-order valence-corrected chi connectivity index (χ2v) is 5.04. The Labute approximate surface area is 92.2 Å². The van der Waals surface area contributed by atoms with E-state index in [0.29, 0.717) is 13.2 Å². The van der Waals surface area contributed by atoms with E-state index in [0.717, 1.165) is 6.54 Å². The average molecular weight is 217 g/mol. The molecule has 1 N–H and O–H groups in total. The number of hydrogen-bond acceptors (Lipinski definition) is 3. The van der Waals surface area contributed by atoms with Gasteiger partial charge < -0.3 is 14.7 Å². The largest absolute Gasteiger partial charge is 0.479 e. The number of ether oxygens (including phenoxy) is 1. The molecule has 0 aliphatic rings. The maximum absolute atomic E-state index is 10.8. The first kappa shape index (κ1) is 14.4. The molecule has 0 heterocycles. The molecule has 0 bridgehead atoms. The summed E-state index contributed by atoms with van der Waals surface area (Å²) in [6.07, 6.45) is -0.720. The lowest BCUT2D eigenvalue weighted by atomic mass is 9.96. The number of likely N-dealkylation sites (N-methyl/N-ethyl adjacent to an activating group) is 1. The Morgan fingerprint density at radius 3 is 2.33 bits per heavy atom. The van der Waals surface area contributed by atoms with Gasteiger partial charge in [-0.1, -0.05) is 20.8 Å². The van der Waals surface area contributed by atoms with Crippen molar-refractivity contribution >= 4 is 5.97 Å². The second-order valence-electron chi connectivity index (χ2n) is 5.04. The Balaban J connectivity index is 4.11. The van der Waals surface area contributed by atoms with Gasteiger partial charge in [-0.15, -0.1) is 0 Å². The molecule has 1 atom stereocenters. The third-order valence-corrected chi connectivity index (χ3v) is 1.87. The summed E-state index contributed by atoms with van der Waals surface area (Å²) in [7, 11) is 1.92. The zero-order chi connectivity index (χ0) is 12.1. The summed E-state index contributed by atoms with van der Waals surface area (Å²) >= 11 is 0. The van der Waals surface area contributed by atoms with Gasteiger partial charge in [0.25, 0.3) is 0 Å². The minimum Gasteiger partial charge on any atom is -0.479 e. The van der Waals surface area contributed by atoms with Crippen molar-refractivity contribution in [3.8, 4) is 0 Å². The molecule has 0 aromatic carbocycles. The highest BCUT2D eigenvalue weighted by Crippen LogP contribution is 2.14. The molecule has 90 valence electrons. The number of carboxylic acid groups (broad SMARTS) is 1. The lowest BCUT2D eigenvalue weighted by molar-refractivity contribution is -0.151. The Bertz CT molecular complexity index is 198. The molecule has 0 aromatic heterocycles. The second kappa shape index (κ2) is 6.08. The third kappa shape index (κ3) is 7.33. The number of carbonyl (C=O) groups is 1. The predicted octanol–water partition coefficient (Wildman–Crippen LogP) is 1.45. The lowest BCUT2D eigenvalue weighted by Gasteiger charge is -2.28. The maximum Gasteiger partial charge on any atom is 0.334 e. The van der Waals surface area contributed by atoms with Crippen molar-refractivity contribution in [2.75, 3.05) is 26.7 Å². The van der Waals surface area contributed by atoms with Gasteiger partial charge in [-0.25, -0.2) is 4.79 Å². The molecule has 1 unspecified atom stereocenters. The van der Waals surface area contributed by atoms with Crippen LogP contribution in [0.3, 0.4) is 0 Å². The van der Waals surface area contributed by atoms with E-state index in [2.05, 4.69) is 20.8 Å². The molecular formula is C11H23NO3. The minimum atomic E-state index is -0.891. The third-order valence-electron chi connectivity index (χ3n) is 1.87. The van der Waals surface area contributed by atoms with Crippen LogP contribution in [-0.4, -0.2) is 48.8 Å². The first-order valence-electron chi connectivity index (χ1n) is 5.29. The van der Waals surface area contributed by atoms with Gasteiger partial charge in [0, 0.05) is 19.7 Å². The number of carboxylic acids is 1. The Hall–Kier alpha value is -0.610. The molecule has 0 aromatic rings. The summed E-state index contributed by atoms with van der Waals surface area (Å²) < 4.78 is 5.15. The molecule has 0 saturated carbocycles. The highest BCUT2D eigenvalue weighted by molar-refractivity contribution is 5.72. The molecule has 0 radical (unpaired) electrons. The van der Waals surface area contributed by atoms with Crippen LogP contribution in [0.15, 0.2) is 0 Å². The topological polar surface area (TPSA) is 49.8 Å². The van der Waals surface area contributed by atoms with Crippen LogP contribution in [0.4, 0.5) is 0 Å². The molecule has 15 heavy (non-hydrogen) atoms. The fraction of sp³-hybridized carbons (Fsp3) is 0.909. The molecule has 0 amide bonds. The monoisotopic (exact) mass is 217 g/mol. The number of rotatable bonds is 6. The van der Waals surface area contributed by atoms with Crippen LogP contribution in [0.25, 0.3) is 0 Å². The zero-order valence-electron chi connectivity index (χ0n) is 10.4. The first-order valence-corrected chi connectivity index (χ1v) is 5.29. The maximum atomic E-state index is 10.8. The molecule has 0 saturated heterocycles. The fourth-order valence-corrected chi connectivity index (χ4v) is 1.56. The molecule has 4 heteroatoms. The van der Waals surface area contributed by atoms with Crippen LogP contribution in [0.2, 0.25) is 0 Å². The van der Waals surface area contributed by atoms with Crippen molar-refractivity contribution in [1.29, 1.82) is 0 Å². The predicted molar refractivity (Wildman–Crippen MR) is 60.0 cm³/mol. The van der Waals surface area contributed by atoms with Gasteiger partial charge in [0.15, 0.2) is 6.10 Å². The van der Waals surface area contributed by atoms with E-state index in [1.807, 2.05) is 11.9 Å². The van der Waals surface area contributed by atoms with E-state index in [9.17, 15) is 4.79 Å². The van der Waals surface area contributed by atoms with Gasteiger partial charge in [-0.2, -0.15) is 0 Å². The van der Waals surface area contributed by atoms with E-state index < -0.39 is 12.1 Å². The number of nitrogens with zero attached hydrogens (tertiary/aromatic N) is 1. The van der Waals surface area contributed by atoms with E-state index >= 15 is 0 Å². The molecular weight excluding hydrogens is 194 g/mol. The molecule has 0 fully saturated rings. The zero-order valence-corrected chi connectivity index (χ0v) is 10.4. The number of hydrogen-bond donors (Lipinski definition) is 1. The fourth-order valence-electron chi connectivity index (χ4n) is 1.56. The highest BCUT2D eigenvalue weighted by atomic mass is 16.5. The summed E-state index contributed by atoms with van der Waals surface area (Å²) in [5.41, 5.74) is 0.171. The van der Waals surface area contributed by atoms with Crippen LogP contribution in [0, 0.1) is 5.41 Å². The van der Waals surface area contributed by atoms with E-state index in [1.54, 1.807) is 6.92 Å². The van der Waals surface area contributed by atoms with E-state index in [1.165, 1.54) is 0 Å². The van der Waals surface area contributed by atoms with E-state index in [4.69, 9.17) is 9.84 Å².